The molecule has 0 N–H and O–H groups in total. The summed E-state index contributed by atoms with van der Waals surface area (Å²) < 4.78 is 9.96. The molecule has 0 bridgehead atoms. The van der Waals surface area contributed by atoms with Crippen LogP contribution in [0.3, 0.4) is 0 Å². The number of pyridine rings is 1. The van der Waals surface area contributed by atoms with Gasteiger partial charge < -0.3 is 14.4 Å². The number of fused-ring (bicyclic) bond motifs is 1. The number of ether oxygens (including phenoxy) is 2. The maximum atomic E-state index is 12.6. The van der Waals surface area contributed by atoms with Crippen molar-refractivity contribution >= 4 is 11.9 Å². The Morgan fingerprint density at radius 3 is 2.62 bits per heavy atom. The van der Waals surface area contributed by atoms with Crippen molar-refractivity contribution in [1.82, 2.24) is 9.88 Å². The average Bonchev–Trinajstić information content (AvgIpc) is 2.70. The highest BCUT2D eigenvalue weighted by molar-refractivity contribution is 5.91. The molecule has 0 radical (unpaired) electrons. The summed E-state index contributed by atoms with van der Waals surface area (Å²) in [5.74, 6) is 0.533. The van der Waals surface area contributed by atoms with E-state index in [0.717, 1.165) is 22.4 Å². The van der Waals surface area contributed by atoms with Gasteiger partial charge in [-0.3, -0.25) is 9.78 Å². The molecule has 136 valence electrons. The first-order valence-electron chi connectivity index (χ1n) is 8.57. The van der Waals surface area contributed by atoms with Crippen molar-refractivity contribution in [2.75, 3.05) is 20.8 Å². The van der Waals surface area contributed by atoms with Crippen LogP contribution in [0.4, 0.5) is 0 Å². The minimum Gasteiger partial charge on any atom is -0.497 e. The number of nitrogens with zero attached hydrogens (tertiary/aromatic N) is 2. The number of aromatic nitrogens is 1. The Labute approximate surface area is 152 Å². The Morgan fingerprint density at radius 1 is 1.15 bits per heavy atom. The fourth-order valence-electron chi connectivity index (χ4n) is 3.19. The summed E-state index contributed by atoms with van der Waals surface area (Å²) in [5.41, 5.74) is 3.45. The van der Waals surface area contributed by atoms with Crippen LogP contribution in [0, 0.1) is 0 Å². The first-order chi connectivity index (χ1) is 12.6. The van der Waals surface area contributed by atoms with Crippen molar-refractivity contribution in [2.24, 2.45) is 0 Å². The van der Waals surface area contributed by atoms with Gasteiger partial charge in [-0.2, -0.15) is 0 Å². The van der Waals surface area contributed by atoms with Crippen LogP contribution in [0.1, 0.15) is 33.5 Å². The quantitative estimate of drug-likeness (QED) is 0.771. The standard InChI is InChI=1S/C20H22N2O4/c1-25-16-6-3-14(4-7-16)5-8-19(23)22-10-9-17-15(13-22)11-21-12-18(17)20(24)26-2/h3-4,6-7,11-12H,5,8-10,13H2,1-2H3. The maximum absolute atomic E-state index is 12.6. The van der Waals surface area contributed by atoms with Gasteiger partial charge in [-0.05, 0) is 41.7 Å². The van der Waals surface area contributed by atoms with Gasteiger partial charge in [-0.15, -0.1) is 0 Å². The number of hydrogen-bond donors (Lipinski definition) is 0. The number of amides is 1. The molecular weight excluding hydrogens is 332 g/mol. The predicted molar refractivity (Wildman–Crippen MR) is 96.0 cm³/mol. The van der Waals surface area contributed by atoms with Gasteiger partial charge >= 0.3 is 5.97 Å². The molecule has 26 heavy (non-hydrogen) atoms. The van der Waals surface area contributed by atoms with Crippen molar-refractivity contribution in [3.05, 3.63) is 58.9 Å². The Balaban J connectivity index is 1.63. The van der Waals surface area contributed by atoms with Crippen molar-refractivity contribution in [1.29, 1.82) is 0 Å². The molecule has 6 nitrogen and oxygen atoms in total. The molecule has 1 aliphatic rings. The highest BCUT2D eigenvalue weighted by Crippen LogP contribution is 2.23. The third kappa shape index (κ3) is 3.85. The van der Waals surface area contributed by atoms with Crippen molar-refractivity contribution in [2.45, 2.75) is 25.8 Å². The van der Waals surface area contributed by atoms with Crippen LogP contribution >= 0.6 is 0 Å². The third-order valence-electron chi connectivity index (χ3n) is 4.68. The SMILES string of the molecule is COC(=O)c1cncc2c1CCN(C(=O)CCc1ccc(OC)cc1)C2. The molecule has 1 aromatic heterocycles. The summed E-state index contributed by atoms with van der Waals surface area (Å²) in [6, 6.07) is 7.75. The molecule has 0 saturated carbocycles. The smallest absolute Gasteiger partial charge is 0.339 e. The Morgan fingerprint density at radius 2 is 1.92 bits per heavy atom. The van der Waals surface area contributed by atoms with Crippen LogP contribution in [-0.2, 0) is 28.9 Å². The lowest BCUT2D eigenvalue weighted by molar-refractivity contribution is -0.132. The fraction of sp³-hybridized carbons (Fsp3) is 0.350. The number of hydrogen-bond acceptors (Lipinski definition) is 5. The van der Waals surface area contributed by atoms with Crippen LogP contribution in [0.5, 0.6) is 5.75 Å². The molecule has 0 aliphatic carbocycles. The normalized spacial score (nSPS) is 13.1. The summed E-state index contributed by atoms with van der Waals surface area (Å²) in [6.07, 6.45) is 5.03. The number of esters is 1. The highest BCUT2D eigenvalue weighted by Gasteiger charge is 2.25. The first kappa shape index (κ1) is 17.9. The molecule has 6 heteroatoms. The van der Waals surface area contributed by atoms with E-state index in [1.54, 1.807) is 13.3 Å². The zero-order valence-electron chi connectivity index (χ0n) is 15.0. The average molecular weight is 354 g/mol. The Bertz CT molecular complexity index is 802. The lowest BCUT2D eigenvalue weighted by Crippen LogP contribution is -2.36. The largest absolute Gasteiger partial charge is 0.497 e. The molecule has 0 spiro atoms. The van der Waals surface area contributed by atoms with Gasteiger partial charge in [0.1, 0.15) is 5.75 Å². The molecule has 0 saturated heterocycles. The molecule has 2 heterocycles. The first-order valence-corrected chi connectivity index (χ1v) is 8.57. The van der Waals surface area contributed by atoms with Gasteiger partial charge in [0.2, 0.25) is 5.91 Å². The van der Waals surface area contributed by atoms with Crippen molar-refractivity contribution in [3.63, 3.8) is 0 Å². The predicted octanol–water partition coefficient (Wildman–Crippen LogP) is 2.39. The Hall–Kier alpha value is -2.89. The second-order valence-electron chi connectivity index (χ2n) is 6.23. The molecular formula is C20H22N2O4. The van der Waals surface area contributed by atoms with Gasteiger partial charge in [-0.25, -0.2) is 4.79 Å². The number of methoxy groups -OCH3 is 2. The monoisotopic (exact) mass is 354 g/mol. The number of carbonyl (C=O) groups is 2. The van der Waals surface area contributed by atoms with E-state index in [4.69, 9.17) is 9.47 Å². The molecule has 1 aromatic carbocycles. The second kappa shape index (κ2) is 7.99. The van der Waals surface area contributed by atoms with Gasteiger partial charge in [0.05, 0.1) is 19.8 Å². The van der Waals surface area contributed by atoms with E-state index in [-0.39, 0.29) is 11.9 Å². The van der Waals surface area contributed by atoms with Gasteiger partial charge in [-0.1, -0.05) is 12.1 Å². The lowest BCUT2D eigenvalue weighted by Gasteiger charge is -2.29. The molecule has 0 fully saturated rings. The molecule has 1 amide bonds. The van der Waals surface area contributed by atoms with Crippen LogP contribution < -0.4 is 4.74 Å². The fourth-order valence-corrected chi connectivity index (χ4v) is 3.19. The number of benzene rings is 1. The van der Waals surface area contributed by atoms with E-state index in [1.807, 2.05) is 29.2 Å². The third-order valence-corrected chi connectivity index (χ3v) is 4.68. The van der Waals surface area contributed by atoms with Crippen LogP contribution in [0.15, 0.2) is 36.7 Å². The van der Waals surface area contributed by atoms with Crippen LogP contribution in [0.25, 0.3) is 0 Å². The van der Waals surface area contributed by atoms with E-state index in [1.165, 1.54) is 13.3 Å². The lowest BCUT2D eigenvalue weighted by atomic mass is 9.96. The van der Waals surface area contributed by atoms with Gasteiger partial charge in [0.25, 0.3) is 0 Å². The summed E-state index contributed by atoms with van der Waals surface area (Å²) in [4.78, 5) is 30.4. The molecule has 3 rings (SSSR count). The molecule has 2 aromatic rings. The number of rotatable bonds is 5. The van der Waals surface area contributed by atoms with Crippen molar-refractivity contribution in [3.8, 4) is 5.75 Å². The maximum Gasteiger partial charge on any atom is 0.339 e. The zero-order chi connectivity index (χ0) is 18.5. The van der Waals surface area contributed by atoms with E-state index in [2.05, 4.69) is 4.98 Å². The summed E-state index contributed by atoms with van der Waals surface area (Å²) in [5, 5.41) is 0. The van der Waals surface area contributed by atoms with E-state index >= 15 is 0 Å². The van der Waals surface area contributed by atoms with E-state index in [9.17, 15) is 9.59 Å². The summed E-state index contributed by atoms with van der Waals surface area (Å²) in [7, 11) is 2.99. The van der Waals surface area contributed by atoms with E-state index < -0.39 is 0 Å². The van der Waals surface area contributed by atoms with Gasteiger partial charge in [0, 0.05) is 31.9 Å². The number of aryl methyl sites for hydroxylation is 1. The second-order valence-corrected chi connectivity index (χ2v) is 6.23. The number of carbonyl (C=O) groups excluding carboxylic acids is 2. The highest BCUT2D eigenvalue weighted by atomic mass is 16.5. The van der Waals surface area contributed by atoms with Crippen molar-refractivity contribution < 1.29 is 19.1 Å². The molecule has 0 unspecified atom stereocenters. The topological polar surface area (TPSA) is 68.7 Å². The zero-order valence-corrected chi connectivity index (χ0v) is 15.0. The van der Waals surface area contributed by atoms with Gasteiger partial charge in [0.15, 0.2) is 0 Å². The minimum atomic E-state index is -0.381. The Kier molecular flexibility index (Phi) is 5.51. The van der Waals surface area contributed by atoms with Crippen LogP contribution in [-0.4, -0.2) is 42.5 Å². The minimum absolute atomic E-state index is 0.106. The molecule has 1 aliphatic heterocycles. The summed E-state index contributed by atoms with van der Waals surface area (Å²) >= 11 is 0. The van der Waals surface area contributed by atoms with Crippen LogP contribution in [0.2, 0.25) is 0 Å². The van der Waals surface area contributed by atoms with E-state index in [0.29, 0.717) is 37.9 Å². The molecule has 0 atom stereocenters. The summed E-state index contributed by atoms with van der Waals surface area (Å²) in [6.45, 7) is 1.08.